The zero-order valence-corrected chi connectivity index (χ0v) is 21.2. The van der Waals surface area contributed by atoms with Crippen LogP contribution in [0.2, 0.25) is 0 Å². The topological polar surface area (TPSA) is 100.0 Å². The molecule has 0 unspecified atom stereocenters. The fourth-order valence-electron chi connectivity index (χ4n) is 4.22. The number of nitrogens with zero attached hydrogens (tertiary/aromatic N) is 4. The lowest BCUT2D eigenvalue weighted by Gasteiger charge is -2.36. The Kier molecular flexibility index (Phi) is 7.85. The van der Waals surface area contributed by atoms with Crippen LogP contribution < -0.4 is 24.4 Å². The lowest BCUT2D eigenvalue weighted by atomic mass is 10.1. The number of ether oxygens (including phenoxy) is 3. The number of amides is 2. The maximum Gasteiger partial charge on any atom is 0.321 e. The Morgan fingerprint density at radius 3 is 2.51 bits per heavy atom. The highest BCUT2D eigenvalue weighted by molar-refractivity contribution is 5.97. The van der Waals surface area contributed by atoms with Crippen molar-refractivity contribution in [1.29, 1.82) is 5.26 Å². The van der Waals surface area contributed by atoms with Crippen molar-refractivity contribution >= 4 is 28.3 Å². The number of piperazine rings is 1. The van der Waals surface area contributed by atoms with Gasteiger partial charge in [-0.2, -0.15) is 5.26 Å². The van der Waals surface area contributed by atoms with Crippen molar-refractivity contribution in [3.8, 4) is 35.7 Å². The second-order valence-corrected chi connectivity index (χ2v) is 8.74. The molecule has 0 saturated carbocycles. The first-order valence-corrected chi connectivity index (χ1v) is 12.0. The summed E-state index contributed by atoms with van der Waals surface area (Å²) in [6.45, 7) is 6.13. The minimum absolute atomic E-state index is 0.0840. The fourth-order valence-corrected chi connectivity index (χ4v) is 4.22. The van der Waals surface area contributed by atoms with Gasteiger partial charge in [0.25, 0.3) is 0 Å². The number of pyridine rings is 1. The third-order valence-electron chi connectivity index (χ3n) is 5.92. The molecule has 1 N–H and O–H groups in total. The van der Waals surface area contributed by atoms with E-state index in [0.717, 1.165) is 16.8 Å². The van der Waals surface area contributed by atoms with E-state index >= 15 is 0 Å². The Labute approximate surface area is 216 Å². The van der Waals surface area contributed by atoms with Crippen LogP contribution in [0, 0.1) is 23.7 Å². The minimum atomic E-state index is -0.172. The molecule has 0 aliphatic carbocycles. The van der Waals surface area contributed by atoms with E-state index in [-0.39, 0.29) is 18.7 Å². The molecule has 1 saturated heterocycles. The predicted octanol–water partition coefficient (Wildman–Crippen LogP) is 4.27. The van der Waals surface area contributed by atoms with Gasteiger partial charge >= 0.3 is 6.03 Å². The highest BCUT2D eigenvalue weighted by atomic mass is 16.5. The van der Waals surface area contributed by atoms with E-state index < -0.39 is 0 Å². The van der Waals surface area contributed by atoms with Gasteiger partial charge in [0.1, 0.15) is 18.4 Å². The number of nitriles is 1. The first-order valence-electron chi connectivity index (χ1n) is 12.0. The van der Waals surface area contributed by atoms with E-state index in [0.29, 0.717) is 54.4 Å². The Morgan fingerprint density at radius 1 is 1.16 bits per heavy atom. The van der Waals surface area contributed by atoms with E-state index in [1.807, 2.05) is 44.2 Å². The number of hydrogen-bond acceptors (Lipinski definition) is 7. The van der Waals surface area contributed by atoms with Gasteiger partial charge in [-0.25, -0.2) is 4.79 Å². The number of fused-ring (bicyclic) bond motifs is 1. The molecule has 1 fully saturated rings. The van der Waals surface area contributed by atoms with Gasteiger partial charge in [-0.3, -0.25) is 4.98 Å². The van der Waals surface area contributed by atoms with Crippen molar-refractivity contribution < 1.29 is 19.0 Å². The van der Waals surface area contributed by atoms with Crippen LogP contribution in [0.3, 0.4) is 0 Å². The summed E-state index contributed by atoms with van der Waals surface area (Å²) in [6.07, 6.45) is 6.97. The summed E-state index contributed by atoms with van der Waals surface area (Å²) in [5.74, 6) is 4.19. The van der Waals surface area contributed by atoms with Gasteiger partial charge < -0.3 is 29.3 Å². The van der Waals surface area contributed by atoms with Crippen LogP contribution in [0.4, 0.5) is 16.2 Å². The summed E-state index contributed by atoms with van der Waals surface area (Å²) < 4.78 is 16.8. The summed E-state index contributed by atoms with van der Waals surface area (Å²) in [5.41, 5.74) is 2.57. The van der Waals surface area contributed by atoms with Crippen molar-refractivity contribution in [2.75, 3.05) is 50.1 Å². The van der Waals surface area contributed by atoms with Crippen LogP contribution in [0.5, 0.6) is 17.2 Å². The molecule has 0 atom stereocenters. The third kappa shape index (κ3) is 5.79. The molecule has 2 heterocycles. The Bertz CT molecular complexity index is 1350. The monoisotopic (exact) mass is 499 g/mol. The SMILES string of the molecule is C#CCOc1cc2ncc(C#N)c(N3CCN(C(=O)Nc4ccc(OC(C)C)cc4)CC3)c2cc1OC. The average molecular weight is 500 g/mol. The summed E-state index contributed by atoms with van der Waals surface area (Å²) in [7, 11) is 1.55. The van der Waals surface area contributed by atoms with Crippen LogP contribution in [-0.4, -0.2) is 61.9 Å². The molecule has 0 spiro atoms. The van der Waals surface area contributed by atoms with Crippen LogP contribution in [-0.2, 0) is 0 Å². The van der Waals surface area contributed by atoms with Crippen molar-refractivity contribution in [1.82, 2.24) is 9.88 Å². The molecule has 1 aliphatic heterocycles. The summed E-state index contributed by atoms with van der Waals surface area (Å²) in [6, 6.07) is 13.0. The normalized spacial score (nSPS) is 13.1. The molecule has 1 aliphatic rings. The maximum absolute atomic E-state index is 12.9. The molecule has 190 valence electrons. The average Bonchev–Trinajstić information content (AvgIpc) is 2.91. The van der Waals surface area contributed by atoms with Crippen molar-refractivity contribution in [2.45, 2.75) is 20.0 Å². The van der Waals surface area contributed by atoms with E-state index in [1.54, 1.807) is 24.3 Å². The molecule has 3 aromatic rings. The molecular formula is C28H29N5O4. The molecule has 37 heavy (non-hydrogen) atoms. The van der Waals surface area contributed by atoms with Gasteiger partial charge in [-0.15, -0.1) is 6.42 Å². The number of methoxy groups -OCH3 is 1. The second kappa shape index (κ2) is 11.4. The minimum Gasteiger partial charge on any atom is -0.493 e. The number of urea groups is 1. The number of nitrogens with one attached hydrogen (secondary N) is 1. The number of carbonyl (C=O) groups is 1. The smallest absolute Gasteiger partial charge is 0.321 e. The summed E-state index contributed by atoms with van der Waals surface area (Å²) in [5, 5.41) is 13.5. The van der Waals surface area contributed by atoms with Gasteiger partial charge in [-0.05, 0) is 44.2 Å². The van der Waals surface area contributed by atoms with Crippen LogP contribution >= 0.6 is 0 Å². The van der Waals surface area contributed by atoms with Crippen molar-refractivity contribution in [3.63, 3.8) is 0 Å². The fraction of sp³-hybridized carbons (Fsp3) is 0.321. The Balaban J connectivity index is 1.49. The van der Waals surface area contributed by atoms with Crippen molar-refractivity contribution in [2.24, 2.45) is 0 Å². The molecule has 1 aromatic heterocycles. The van der Waals surface area contributed by atoms with E-state index in [1.165, 1.54) is 0 Å². The quantitative estimate of drug-likeness (QED) is 0.485. The zero-order valence-electron chi connectivity index (χ0n) is 21.2. The number of rotatable bonds is 7. The van der Waals surface area contributed by atoms with Crippen molar-refractivity contribution in [3.05, 3.63) is 48.2 Å². The molecule has 9 nitrogen and oxygen atoms in total. The van der Waals surface area contributed by atoms with E-state index in [2.05, 4.69) is 27.2 Å². The first kappa shape index (κ1) is 25.5. The number of anilines is 2. The predicted molar refractivity (Wildman–Crippen MR) is 142 cm³/mol. The Morgan fingerprint density at radius 2 is 1.89 bits per heavy atom. The van der Waals surface area contributed by atoms with Gasteiger partial charge in [0.05, 0.1) is 30.0 Å². The number of benzene rings is 2. The van der Waals surface area contributed by atoms with Gasteiger partial charge in [0, 0.05) is 49.5 Å². The number of aromatic nitrogens is 1. The lowest BCUT2D eigenvalue weighted by molar-refractivity contribution is 0.208. The molecule has 0 bridgehead atoms. The summed E-state index contributed by atoms with van der Waals surface area (Å²) in [4.78, 5) is 21.2. The molecular weight excluding hydrogens is 470 g/mol. The number of hydrogen-bond donors (Lipinski definition) is 1. The van der Waals surface area contributed by atoms with Gasteiger partial charge in [0.15, 0.2) is 11.5 Å². The molecule has 0 radical (unpaired) electrons. The number of carbonyl (C=O) groups excluding carboxylic acids is 1. The van der Waals surface area contributed by atoms with E-state index in [4.69, 9.17) is 20.6 Å². The largest absolute Gasteiger partial charge is 0.493 e. The van der Waals surface area contributed by atoms with Crippen LogP contribution in [0.1, 0.15) is 19.4 Å². The van der Waals surface area contributed by atoms with Gasteiger partial charge in [-0.1, -0.05) is 5.92 Å². The van der Waals surface area contributed by atoms with Crippen LogP contribution in [0.15, 0.2) is 42.6 Å². The third-order valence-corrected chi connectivity index (χ3v) is 5.92. The molecule has 9 heteroatoms. The number of terminal acetylenes is 1. The van der Waals surface area contributed by atoms with Gasteiger partial charge in [0.2, 0.25) is 0 Å². The van der Waals surface area contributed by atoms with E-state index in [9.17, 15) is 10.1 Å². The molecule has 2 aromatic carbocycles. The Hall–Kier alpha value is -4.63. The first-order chi connectivity index (χ1) is 17.9. The zero-order chi connectivity index (χ0) is 26.4. The standard InChI is InChI=1S/C28H29N5O4/c1-5-14-36-26-16-24-23(15-25(26)35-4)27(20(17-29)18-30-24)32-10-12-33(13-11-32)28(34)31-21-6-8-22(9-7-21)37-19(2)3/h1,6-9,15-16,18-19H,10-14H2,2-4H3,(H,31,34). The maximum atomic E-state index is 12.9. The summed E-state index contributed by atoms with van der Waals surface area (Å²) >= 11 is 0. The lowest BCUT2D eigenvalue weighted by Crippen LogP contribution is -2.50. The highest BCUT2D eigenvalue weighted by Gasteiger charge is 2.25. The van der Waals surface area contributed by atoms with Crippen LogP contribution in [0.25, 0.3) is 10.9 Å². The molecule has 4 rings (SSSR count). The highest BCUT2D eigenvalue weighted by Crippen LogP contribution is 2.38. The second-order valence-electron chi connectivity index (χ2n) is 8.74. The molecule has 2 amide bonds.